The molecule has 0 unspecified atom stereocenters. The predicted molar refractivity (Wildman–Crippen MR) is 132 cm³/mol. The van der Waals surface area contributed by atoms with Crippen molar-refractivity contribution in [2.24, 2.45) is 0 Å². The van der Waals surface area contributed by atoms with Crippen LogP contribution in [0.5, 0.6) is 0 Å². The predicted octanol–water partition coefficient (Wildman–Crippen LogP) is 5.05. The molecule has 0 saturated carbocycles. The summed E-state index contributed by atoms with van der Waals surface area (Å²) in [5.41, 5.74) is 4.88. The van der Waals surface area contributed by atoms with Crippen molar-refractivity contribution in [3.05, 3.63) is 95.9 Å². The lowest BCUT2D eigenvalue weighted by molar-refractivity contribution is 0.102. The maximum absolute atomic E-state index is 12.8. The highest BCUT2D eigenvalue weighted by molar-refractivity contribution is 6.04. The third-order valence-corrected chi connectivity index (χ3v) is 5.38. The number of fused-ring (bicyclic) bond motifs is 1. The molecule has 0 aliphatic rings. The maximum atomic E-state index is 12.8. The van der Waals surface area contributed by atoms with E-state index in [4.69, 9.17) is 0 Å². The second-order valence-electron chi connectivity index (χ2n) is 7.88. The molecule has 1 amide bonds. The number of hydrogen-bond acceptors (Lipinski definition) is 6. The van der Waals surface area contributed by atoms with Gasteiger partial charge in [-0.25, -0.2) is 4.98 Å². The van der Waals surface area contributed by atoms with E-state index in [1.807, 2.05) is 61.5 Å². The van der Waals surface area contributed by atoms with Gasteiger partial charge in [0.05, 0.1) is 0 Å². The van der Waals surface area contributed by atoms with Crippen molar-refractivity contribution < 1.29 is 4.79 Å². The molecular formula is C26H23N7O. The van der Waals surface area contributed by atoms with E-state index in [9.17, 15) is 4.79 Å². The van der Waals surface area contributed by atoms with E-state index in [2.05, 4.69) is 37.6 Å². The second kappa shape index (κ2) is 9.11. The number of rotatable bonds is 6. The van der Waals surface area contributed by atoms with Crippen LogP contribution in [0.15, 0.2) is 79.1 Å². The van der Waals surface area contributed by atoms with E-state index in [0.29, 0.717) is 23.0 Å². The van der Waals surface area contributed by atoms with Crippen LogP contribution in [-0.4, -0.2) is 30.5 Å². The van der Waals surface area contributed by atoms with Crippen molar-refractivity contribution in [2.45, 2.75) is 20.3 Å². The molecule has 0 fully saturated rings. The molecule has 3 aromatic heterocycles. The van der Waals surface area contributed by atoms with Crippen molar-refractivity contribution in [2.75, 3.05) is 10.6 Å². The van der Waals surface area contributed by atoms with Crippen LogP contribution in [0, 0.1) is 6.92 Å². The summed E-state index contributed by atoms with van der Waals surface area (Å²) >= 11 is 0. The van der Waals surface area contributed by atoms with Crippen LogP contribution in [0.2, 0.25) is 0 Å². The zero-order valence-corrected chi connectivity index (χ0v) is 18.9. The lowest BCUT2D eigenvalue weighted by atomic mass is 10.1. The summed E-state index contributed by atoms with van der Waals surface area (Å²) in [6, 6.07) is 20.8. The standard InChI is InChI=1S/C26H23N7O/c1-3-18-9-11-21(12-10-18)30-25(34)19-6-4-8-22(15-19)29-23-14-17(2)28-26-31-24(32-33(23)26)20-7-5-13-27-16-20/h4-16,29H,3H2,1-2H3,(H,30,34). The number of benzene rings is 2. The molecule has 3 heterocycles. The summed E-state index contributed by atoms with van der Waals surface area (Å²) in [6.45, 7) is 4.00. The first kappa shape index (κ1) is 21.3. The number of aromatic nitrogens is 5. The van der Waals surface area contributed by atoms with E-state index in [1.165, 1.54) is 5.56 Å². The molecule has 2 N–H and O–H groups in total. The summed E-state index contributed by atoms with van der Waals surface area (Å²) < 4.78 is 1.65. The van der Waals surface area contributed by atoms with Gasteiger partial charge in [0.15, 0.2) is 5.82 Å². The maximum Gasteiger partial charge on any atom is 0.255 e. The first-order valence-corrected chi connectivity index (χ1v) is 11.0. The molecule has 2 aromatic carbocycles. The van der Waals surface area contributed by atoms with Gasteiger partial charge in [0.2, 0.25) is 0 Å². The number of nitrogens with one attached hydrogen (secondary N) is 2. The zero-order chi connectivity index (χ0) is 23.5. The number of carbonyl (C=O) groups is 1. The third-order valence-electron chi connectivity index (χ3n) is 5.38. The van der Waals surface area contributed by atoms with Gasteiger partial charge in [-0.15, -0.1) is 5.10 Å². The van der Waals surface area contributed by atoms with Gasteiger partial charge >= 0.3 is 0 Å². The highest BCUT2D eigenvalue weighted by Crippen LogP contribution is 2.22. The lowest BCUT2D eigenvalue weighted by Crippen LogP contribution is -2.12. The van der Waals surface area contributed by atoms with Gasteiger partial charge < -0.3 is 10.6 Å². The Labute approximate surface area is 196 Å². The van der Waals surface area contributed by atoms with Gasteiger partial charge in [-0.3, -0.25) is 9.78 Å². The fourth-order valence-electron chi connectivity index (χ4n) is 3.61. The summed E-state index contributed by atoms with van der Waals surface area (Å²) in [6.07, 6.45) is 4.38. The summed E-state index contributed by atoms with van der Waals surface area (Å²) in [5, 5.41) is 10.9. The largest absolute Gasteiger partial charge is 0.340 e. The average molecular weight is 450 g/mol. The smallest absolute Gasteiger partial charge is 0.255 e. The van der Waals surface area contributed by atoms with E-state index in [0.717, 1.165) is 29.1 Å². The molecule has 168 valence electrons. The minimum atomic E-state index is -0.177. The minimum absolute atomic E-state index is 0.177. The summed E-state index contributed by atoms with van der Waals surface area (Å²) in [7, 11) is 0. The molecule has 0 bridgehead atoms. The van der Waals surface area contributed by atoms with E-state index in [1.54, 1.807) is 29.0 Å². The van der Waals surface area contributed by atoms with Crippen LogP contribution in [0.4, 0.5) is 17.2 Å². The van der Waals surface area contributed by atoms with E-state index >= 15 is 0 Å². The molecule has 5 rings (SSSR count). The summed E-state index contributed by atoms with van der Waals surface area (Å²) in [5.74, 6) is 1.53. The Morgan fingerprint density at radius 2 is 1.82 bits per heavy atom. The molecular weight excluding hydrogens is 426 g/mol. The minimum Gasteiger partial charge on any atom is -0.340 e. The van der Waals surface area contributed by atoms with Gasteiger partial charge in [0.1, 0.15) is 5.82 Å². The van der Waals surface area contributed by atoms with Gasteiger partial charge in [0, 0.05) is 46.7 Å². The van der Waals surface area contributed by atoms with Crippen LogP contribution >= 0.6 is 0 Å². The number of pyridine rings is 1. The van der Waals surface area contributed by atoms with Gasteiger partial charge in [0.25, 0.3) is 11.7 Å². The number of hydrogen-bond donors (Lipinski definition) is 2. The topological polar surface area (TPSA) is 97.1 Å². The highest BCUT2D eigenvalue weighted by Gasteiger charge is 2.13. The molecule has 5 aromatic rings. The molecule has 8 nitrogen and oxygen atoms in total. The molecule has 0 atom stereocenters. The highest BCUT2D eigenvalue weighted by atomic mass is 16.1. The molecule has 8 heteroatoms. The Kier molecular flexibility index (Phi) is 5.70. The van der Waals surface area contributed by atoms with Gasteiger partial charge in [-0.1, -0.05) is 25.1 Å². The number of nitrogens with zero attached hydrogens (tertiary/aromatic N) is 5. The monoisotopic (exact) mass is 449 g/mol. The first-order chi connectivity index (χ1) is 16.6. The number of amides is 1. The second-order valence-corrected chi connectivity index (χ2v) is 7.88. The molecule has 0 spiro atoms. The quantitative estimate of drug-likeness (QED) is 0.376. The van der Waals surface area contributed by atoms with Crippen LogP contribution in [-0.2, 0) is 6.42 Å². The van der Waals surface area contributed by atoms with Crippen molar-refractivity contribution in [3.63, 3.8) is 0 Å². The van der Waals surface area contributed by atoms with Crippen molar-refractivity contribution in [1.82, 2.24) is 24.6 Å². The van der Waals surface area contributed by atoms with Gasteiger partial charge in [-0.05, 0) is 61.4 Å². The van der Waals surface area contributed by atoms with Crippen molar-refractivity contribution in [3.8, 4) is 11.4 Å². The Morgan fingerprint density at radius 3 is 2.59 bits per heavy atom. The van der Waals surface area contributed by atoms with Crippen molar-refractivity contribution >= 4 is 28.9 Å². The van der Waals surface area contributed by atoms with E-state index < -0.39 is 0 Å². The Morgan fingerprint density at radius 1 is 0.971 bits per heavy atom. The van der Waals surface area contributed by atoms with Crippen LogP contribution < -0.4 is 10.6 Å². The average Bonchev–Trinajstić information content (AvgIpc) is 3.29. The first-order valence-electron chi connectivity index (χ1n) is 11.0. The SMILES string of the molecule is CCc1ccc(NC(=O)c2cccc(Nc3cc(C)nc4nc(-c5cccnc5)nn34)c2)cc1. The number of aryl methyl sites for hydroxylation is 2. The Hall–Kier alpha value is -4.59. The van der Waals surface area contributed by atoms with Crippen LogP contribution in [0.1, 0.15) is 28.5 Å². The zero-order valence-electron chi connectivity index (χ0n) is 18.9. The Balaban J connectivity index is 1.41. The molecule has 0 saturated heterocycles. The molecule has 0 aliphatic carbocycles. The fraction of sp³-hybridized carbons (Fsp3) is 0.115. The molecule has 0 aliphatic heterocycles. The summed E-state index contributed by atoms with van der Waals surface area (Å²) in [4.78, 5) is 26.0. The Bertz CT molecular complexity index is 1460. The number of anilines is 3. The van der Waals surface area contributed by atoms with Crippen LogP contribution in [0.3, 0.4) is 0 Å². The normalized spacial score (nSPS) is 10.9. The van der Waals surface area contributed by atoms with Crippen LogP contribution in [0.25, 0.3) is 17.2 Å². The van der Waals surface area contributed by atoms with E-state index in [-0.39, 0.29) is 5.91 Å². The van der Waals surface area contributed by atoms with Crippen molar-refractivity contribution in [1.29, 1.82) is 0 Å². The lowest BCUT2D eigenvalue weighted by Gasteiger charge is -2.11. The third kappa shape index (κ3) is 4.47. The molecule has 34 heavy (non-hydrogen) atoms. The molecule has 0 radical (unpaired) electrons. The van der Waals surface area contributed by atoms with Gasteiger partial charge in [-0.2, -0.15) is 9.50 Å². The fourth-order valence-corrected chi connectivity index (χ4v) is 3.61. The number of carbonyl (C=O) groups excluding carboxylic acids is 1.